The van der Waals surface area contributed by atoms with Gasteiger partial charge in [0.15, 0.2) is 0 Å². The van der Waals surface area contributed by atoms with E-state index in [0.717, 1.165) is 26.1 Å². The van der Waals surface area contributed by atoms with Crippen molar-refractivity contribution >= 4 is 5.91 Å². The standard InChI is InChI=1S/C19H34N2O2/c1-3-23-17-13-16(19(17)8-4-5-9-19)21-18(22)12-14(2)15-6-10-20-11-7-15/h14-17,20H,3-13H2,1-2H3,(H,21,22). The van der Waals surface area contributed by atoms with Crippen LogP contribution in [0.1, 0.15) is 65.2 Å². The fraction of sp³-hybridized carbons (Fsp3) is 0.947. The van der Waals surface area contributed by atoms with Crippen molar-refractivity contribution in [3.05, 3.63) is 0 Å². The van der Waals surface area contributed by atoms with Crippen molar-refractivity contribution in [2.24, 2.45) is 17.3 Å². The number of piperidine rings is 1. The van der Waals surface area contributed by atoms with Gasteiger partial charge in [-0.2, -0.15) is 0 Å². The average Bonchev–Trinajstić information content (AvgIpc) is 3.07. The fourth-order valence-corrected chi connectivity index (χ4v) is 5.21. The molecule has 1 spiro atoms. The number of rotatable bonds is 6. The highest BCUT2D eigenvalue weighted by Crippen LogP contribution is 2.54. The Morgan fingerprint density at radius 2 is 2.00 bits per heavy atom. The van der Waals surface area contributed by atoms with Crippen LogP contribution < -0.4 is 10.6 Å². The third-order valence-electron chi connectivity index (χ3n) is 6.72. The Morgan fingerprint density at radius 1 is 1.30 bits per heavy atom. The molecule has 1 heterocycles. The minimum atomic E-state index is 0.254. The first-order valence-corrected chi connectivity index (χ1v) is 9.77. The van der Waals surface area contributed by atoms with Gasteiger partial charge in [-0.25, -0.2) is 0 Å². The van der Waals surface area contributed by atoms with Crippen molar-refractivity contribution in [3.8, 4) is 0 Å². The molecule has 0 bridgehead atoms. The van der Waals surface area contributed by atoms with Crippen molar-refractivity contribution in [1.82, 2.24) is 10.6 Å². The summed E-state index contributed by atoms with van der Waals surface area (Å²) in [4.78, 5) is 12.5. The lowest BCUT2D eigenvalue weighted by atomic mass is 9.60. The zero-order valence-electron chi connectivity index (χ0n) is 14.9. The summed E-state index contributed by atoms with van der Waals surface area (Å²) < 4.78 is 5.95. The summed E-state index contributed by atoms with van der Waals surface area (Å²) in [5.74, 6) is 1.47. The van der Waals surface area contributed by atoms with Crippen molar-refractivity contribution in [3.63, 3.8) is 0 Å². The first-order valence-electron chi connectivity index (χ1n) is 9.77. The van der Waals surface area contributed by atoms with Gasteiger partial charge in [0.1, 0.15) is 0 Å². The van der Waals surface area contributed by atoms with E-state index in [1.165, 1.54) is 38.5 Å². The molecule has 1 saturated heterocycles. The first-order chi connectivity index (χ1) is 11.2. The molecule has 4 nitrogen and oxygen atoms in total. The Morgan fingerprint density at radius 3 is 2.65 bits per heavy atom. The molecule has 1 amide bonds. The number of ether oxygens (including phenoxy) is 1. The van der Waals surface area contributed by atoms with Gasteiger partial charge in [-0.3, -0.25) is 4.79 Å². The second-order valence-electron chi connectivity index (χ2n) is 8.01. The molecule has 0 aromatic carbocycles. The molecule has 0 aromatic heterocycles. The van der Waals surface area contributed by atoms with E-state index >= 15 is 0 Å². The number of carbonyl (C=O) groups is 1. The van der Waals surface area contributed by atoms with E-state index in [0.29, 0.717) is 30.4 Å². The summed E-state index contributed by atoms with van der Waals surface area (Å²) in [6.45, 7) is 7.34. The number of hydrogen-bond acceptors (Lipinski definition) is 3. The lowest BCUT2D eigenvalue weighted by molar-refractivity contribution is -0.144. The number of hydrogen-bond donors (Lipinski definition) is 2. The third kappa shape index (κ3) is 3.58. The lowest BCUT2D eigenvalue weighted by Gasteiger charge is -2.54. The normalized spacial score (nSPS) is 31.7. The predicted octanol–water partition coefficient (Wildman–Crippen LogP) is 2.87. The van der Waals surface area contributed by atoms with E-state index in [9.17, 15) is 4.79 Å². The monoisotopic (exact) mass is 322 g/mol. The third-order valence-corrected chi connectivity index (χ3v) is 6.72. The zero-order valence-corrected chi connectivity index (χ0v) is 14.9. The topological polar surface area (TPSA) is 50.4 Å². The quantitative estimate of drug-likeness (QED) is 0.790. The minimum absolute atomic E-state index is 0.254. The molecule has 3 aliphatic rings. The molecule has 3 fully saturated rings. The van der Waals surface area contributed by atoms with Crippen LogP contribution in [-0.4, -0.2) is 37.7 Å². The maximum absolute atomic E-state index is 12.5. The summed E-state index contributed by atoms with van der Waals surface area (Å²) in [5.41, 5.74) is 0.254. The fourth-order valence-electron chi connectivity index (χ4n) is 5.21. The molecule has 2 saturated carbocycles. The smallest absolute Gasteiger partial charge is 0.220 e. The maximum atomic E-state index is 12.5. The molecule has 3 atom stereocenters. The van der Waals surface area contributed by atoms with Gasteiger partial charge in [-0.1, -0.05) is 19.8 Å². The second-order valence-corrected chi connectivity index (χ2v) is 8.01. The first kappa shape index (κ1) is 17.2. The number of amides is 1. The molecule has 23 heavy (non-hydrogen) atoms. The molecule has 3 unspecified atom stereocenters. The van der Waals surface area contributed by atoms with Crippen molar-refractivity contribution in [1.29, 1.82) is 0 Å². The molecule has 1 aliphatic heterocycles. The van der Waals surface area contributed by atoms with Gasteiger partial charge >= 0.3 is 0 Å². The van der Waals surface area contributed by atoms with E-state index < -0.39 is 0 Å². The summed E-state index contributed by atoms with van der Waals surface area (Å²) in [6, 6.07) is 0.356. The lowest BCUT2D eigenvalue weighted by Crippen LogP contribution is -2.63. The molecule has 2 N–H and O–H groups in total. The molecule has 0 radical (unpaired) electrons. The van der Waals surface area contributed by atoms with E-state index in [1.807, 2.05) is 0 Å². The van der Waals surface area contributed by atoms with E-state index in [-0.39, 0.29) is 11.3 Å². The Hall–Kier alpha value is -0.610. The van der Waals surface area contributed by atoms with Crippen molar-refractivity contribution in [2.45, 2.75) is 77.4 Å². The van der Waals surface area contributed by atoms with Gasteiger partial charge in [-0.05, 0) is 64.0 Å². The molecule has 0 aromatic rings. The van der Waals surface area contributed by atoms with E-state index in [4.69, 9.17) is 4.74 Å². The van der Waals surface area contributed by atoms with Gasteiger partial charge < -0.3 is 15.4 Å². The number of nitrogens with one attached hydrogen (secondary N) is 2. The highest BCUT2D eigenvalue weighted by Gasteiger charge is 2.57. The van der Waals surface area contributed by atoms with Gasteiger partial charge in [0, 0.05) is 24.5 Å². The van der Waals surface area contributed by atoms with Gasteiger partial charge in [0.05, 0.1) is 6.10 Å². The van der Waals surface area contributed by atoms with Gasteiger partial charge in [-0.15, -0.1) is 0 Å². The molecule has 3 rings (SSSR count). The SMILES string of the molecule is CCOC1CC(NC(=O)CC(C)C2CCNCC2)C12CCCC2. The van der Waals surface area contributed by atoms with E-state index in [2.05, 4.69) is 24.5 Å². The van der Waals surface area contributed by atoms with Crippen molar-refractivity contribution < 1.29 is 9.53 Å². The summed E-state index contributed by atoms with van der Waals surface area (Å²) >= 11 is 0. The second kappa shape index (κ2) is 7.52. The Bertz CT molecular complexity index is 400. The molecular formula is C19H34N2O2. The van der Waals surface area contributed by atoms with Crippen LogP contribution in [0.4, 0.5) is 0 Å². The summed E-state index contributed by atoms with van der Waals surface area (Å²) in [7, 11) is 0. The van der Waals surface area contributed by atoms with Crippen LogP contribution in [0.2, 0.25) is 0 Å². The van der Waals surface area contributed by atoms with Crippen LogP contribution in [0.5, 0.6) is 0 Å². The van der Waals surface area contributed by atoms with Crippen LogP contribution in [-0.2, 0) is 9.53 Å². The molecule has 4 heteroatoms. The van der Waals surface area contributed by atoms with Crippen LogP contribution in [0.25, 0.3) is 0 Å². The van der Waals surface area contributed by atoms with Crippen LogP contribution in [0, 0.1) is 17.3 Å². The minimum Gasteiger partial charge on any atom is -0.378 e. The Balaban J connectivity index is 1.49. The maximum Gasteiger partial charge on any atom is 0.220 e. The molecule has 2 aliphatic carbocycles. The Kier molecular flexibility index (Phi) is 5.63. The zero-order chi connectivity index (χ0) is 16.3. The molecular weight excluding hydrogens is 288 g/mol. The molecule has 132 valence electrons. The van der Waals surface area contributed by atoms with Crippen LogP contribution >= 0.6 is 0 Å². The summed E-state index contributed by atoms with van der Waals surface area (Å²) in [5, 5.41) is 6.78. The van der Waals surface area contributed by atoms with Gasteiger partial charge in [0.25, 0.3) is 0 Å². The van der Waals surface area contributed by atoms with Crippen molar-refractivity contribution in [2.75, 3.05) is 19.7 Å². The highest BCUT2D eigenvalue weighted by molar-refractivity contribution is 5.76. The number of carbonyl (C=O) groups excluding carboxylic acids is 1. The van der Waals surface area contributed by atoms with E-state index in [1.54, 1.807) is 0 Å². The highest BCUT2D eigenvalue weighted by atomic mass is 16.5. The van der Waals surface area contributed by atoms with Crippen LogP contribution in [0.15, 0.2) is 0 Å². The average molecular weight is 322 g/mol. The largest absolute Gasteiger partial charge is 0.378 e. The van der Waals surface area contributed by atoms with Gasteiger partial charge in [0.2, 0.25) is 5.91 Å². The summed E-state index contributed by atoms with van der Waals surface area (Å²) in [6.07, 6.45) is 9.56. The Labute approximate surface area is 141 Å². The van der Waals surface area contributed by atoms with Crippen LogP contribution in [0.3, 0.4) is 0 Å². The predicted molar refractivity (Wildman–Crippen MR) is 92.2 cm³/mol.